The highest BCUT2D eigenvalue weighted by Crippen LogP contribution is 2.19. The predicted octanol–water partition coefficient (Wildman–Crippen LogP) is 6.52. The lowest BCUT2D eigenvalue weighted by Crippen LogP contribution is -2.07. The molecule has 8 nitrogen and oxygen atoms in total. The lowest BCUT2D eigenvalue weighted by Gasteiger charge is -2.10. The van der Waals surface area contributed by atoms with Gasteiger partial charge in [0.2, 0.25) is 17.8 Å². The van der Waals surface area contributed by atoms with E-state index < -0.39 is 0 Å². The van der Waals surface area contributed by atoms with E-state index in [1.807, 2.05) is 78.9 Å². The Morgan fingerprint density at radius 2 is 1.29 bits per heavy atom. The Morgan fingerprint density at radius 1 is 0.684 bits per heavy atom. The smallest absolute Gasteiger partial charge is 0.250 e. The number of anilines is 5. The van der Waals surface area contributed by atoms with Gasteiger partial charge >= 0.3 is 0 Å². The van der Waals surface area contributed by atoms with Crippen molar-refractivity contribution in [1.29, 1.82) is 0 Å². The molecule has 1 heterocycles. The minimum Gasteiger partial charge on any atom is -0.489 e. The molecule has 9 heteroatoms. The Morgan fingerprint density at radius 3 is 1.95 bits per heavy atom. The molecule has 5 aromatic rings. The van der Waals surface area contributed by atoms with Crippen LogP contribution in [0.2, 0.25) is 0 Å². The zero-order valence-corrected chi connectivity index (χ0v) is 20.3. The molecular formula is C29H24FN7O. The maximum Gasteiger partial charge on any atom is 0.250 e. The molecule has 0 aliphatic carbocycles. The molecular weight excluding hydrogens is 481 g/mol. The number of nitrogens with zero attached hydrogens (tertiary/aromatic N) is 4. The second-order valence-corrected chi connectivity index (χ2v) is 8.11. The largest absolute Gasteiger partial charge is 0.489 e. The number of rotatable bonds is 10. The van der Waals surface area contributed by atoms with Crippen LogP contribution in [0.3, 0.4) is 0 Å². The molecule has 188 valence electrons. The number of hydrazone groups is 1. The van der Waals surface area contributed by atoms with Gasteiger partial charge < -0.3 is 15.4 Å². The highest BCUT2D eigenvalue weighted by molar-refractivity contribution is 5.80. The van der Waals surface area contributed by atoms with E-state index in [0.717, 1.165) is 16.9 Å². The highest BCUT2D eigenvalue weighted by atomic mass is 19.1. The van der Waals surface area contributed by atoms with Crippen LogP contribution in [0.1, 0.15) is 11.1 Å². The van der Waals surface area contributed by atoms with Crippen LogP contribution in [0.25, 0.3) is 0 Å². The Hall–Kier alpha value is -5.31. The van der Waals surface area contributed by atoms with Crippen LogP contribution in [0.4, 0.5) is 33.6 Å². The van der Waals surface area contributed by atoms with Gasteiger partial charge in [0.25, 0.3) is 0 Å². The van der Waals surface area contributed by atoms with Crippen molar-refractivity contribution in [2.24, 2.45) is 5.10 Å². The van der Waals surface area contributed by atoms with Gasteiger partial charge in [-0.3, -0.25) is 0 Å². The number of halogens is 1. The first-order valence-electron chi connectivity index (χ1n) is 11.9. The third-order valence-corrected chi connectivity index (χ3v) is 5.28. The lowest BCUT2D eigenvalue weighted by molar-refractivity contribution is 0.300. The third kappa shape index (κ3) is 6.88. The summed E-state index contributed by atoms with van der Waals surface area (Å²) in [5, 5.41) is 10.6. The second kappa shape index (κ2) is 12.1. The maximum absolute atomic E-state index is 13.9. The van der Waals surface area contributed by atoms with Crippen molar-refractivity contribution >= 4 is 35.4 Å². The van der Waals surface area contributed by atoms with Crippen molar-refractivity contribution in [3.8, 4) is 5.75 Å². The summed E-state index contributed by atoms with van der Waals surface area (Å²) < 4.78 is 19.6. The summed E-state index contributed by atoms with van der Waals surface area (Å²) >= 11 is 0. The van der Waals surface area contributed by atoms with E-state index in [9.17, 15) is 4.39 Å². The minimum atomic E-state index is -0.297. The summed E-state index contributed by atoms with van der Waals surface area (Å²) in [6, 6.07) is 33.1. The lowest BCUT2D eigenvalue weighted by atomic mass is 10.2. The summed E-state index contributed by atoms with van der Waals surface area (Å²) in [5.74, 6) is 1.26. The molecule has 0 spiro atoms. The first-order chi connectivity index (χ1) is 18.7. The molecule has 0 atom stereocenters. The van der Waals surface area contributed by atoms with Gasteiger partial charge in [-0.05, 0) is 48.0 Å². The quantitative estimate of drug-likeness (QED) is 0.147. The average Bonchev–Trinajstić information content (AvgIpc) is 2.94. The minimum absolute atomic E-state index is 0.130. The molecule has 0 bridgehead atoms. The third-order valence-electron chi connectivity index (χ3n) is 5.28. The van der Waals surface area contributed by atoms with Crippen LogP contribution in [0, 0.1) is 5.82 Å². The number of aromatic nitrogens is 3. The molecule has 3 N–H and O–H groups in total. The van der Waals surface area contributed by atoms with Crippen molar-refractivity contribution < 1.29 is 9.13 Å². The average molecular weight is 506 g/mol. The molecule has 0 unspecified atom stereocenters. The molecule has 1 aromatic heterocycles. The van der Waals surface area contributed by atoms with E-state index in [2.05, 4.69) is 36.1 Å². The zero-order chi connectivity index (χ0) is 26.0. The Bertz CT molecular complexity index is 1450. The van der Waals surface area contributed by atoms with Crippen molar-refractivity contribution in [3.63, 3.8) is 0 Å². The fraction of sp³-hybridized carbons (Fsp3) is 0.0345. The number of hydrogen-bond donors (Lipinski definition) is 3. The van der Waals surface area contributed by atoms with E-state index >= 15 is 0 Å². The number of nitrogens with one attached hydrogen (secondary N) is 3. The fourth-order valence-corrected chi connectivity index (χ4v) is 3.46. The Labute approximate surface area is 219 Å². The topological polar surface area (TPSA) is 96.4 Å². The molecule has 0 radical (unpaired) electrons. The summed E-state index contributed by atoms with van der Waals surface area (Å²) in [6.45, 7) is 0.130. The van der Waals surface area contributed by atoms with Gasteiger partial charge in [0.15, 0.2) is 0 Å². The van der Waals surface area contributed by atoms with E-state index in [1.165, 1.54) is 6.07 Å². The molecule has 0 saturated heterocycles. The van der Waals surface area contributed by atoms with E-state index in [-0.39, 0.29) is 18.4 Å². The monoisotopic (exact) mass is 505 g/mol. The number of para-hydroxylation sites is 2. The van der Waals surface area contributed by atoms with Gasteiger partial charge in [-0.25, -0.2) is 9.82 Å². The van der Waals surface area contributed by atoms with Crippen LogP contribution in [-0.2, 0) is 6.61 Å². The van der Waals surface area contributed by atoms with E-state index in [0.29, 0.717) is 23.2 Å². The van der Waals surface area contributed by atoms with Crippen LogP contribution in [-0.4, -0.2) is 21.2 Å². The molecule has 38 heavy (non-hydrogen) atoms. The fourth-order valence-electron chi connectivity index (χ4n) is 3.46. The summed E-state index contributed by atoms with van der Waals surface area (Å²) in [4.78, 5) is 13.3. The van der Waals surface area contributed by atoms with Crippen molar-refractivity contribution in [1.82, 2.24) is 15.0 Å². The summed E-state index contributed by atoms with van der Waals surface area (Å²) in [5.41, 5.74) is 5.81. The van der Waals surface area contributed by atoms with Crippen LogP contribution in [0.15, 0.2) is 114 Å². The highest BCUT2D eigenvalue weighted by Gasteiger charge is 2.08. The summed E-state index contributed by atoms with van der Waals surface area (Å²) in [7, 11) is 0. The molecule has 4 aromatic carbocycles. The van der Waals surface area contributed by atoms with Crippen LogP contribution in [0.5, 0.6) is 5.75 Å². The number of hydrogen-bond acceptors (Lipinski definition) is 8. The van der Waals surface area contributed by atoms with Crippen molar-refractivity contribution in [2.45, 2.75) is 6.61 Å². The SMILES string of the molecule is Fc1ccccc1COc1cccc(/C=N/Nc2nc(Nc3ccccc3)nc(Nc3ccccc3)n2)c1. The first kappa shape index (κ1) is 24.4. The van der Waals surface area contributed by atoms with Gasteiger partial charge in [0.1, 0.15) is 18.2 Å². The van der Waals surface area contributed by atoms with Crippen molar-refractivity contribution in [2.75, 3.05) is 16.1 Å². The molecule has 0 aliphatic heterocycles. The molecule has 0 fully saturated rings. The molecule has 5 rings (SSSR count). The molecule has 0 aliphatic rings. The zero-order valence-electron chi connectivity index (χ0n) is 20.3. The van der Waals surface area contributed by atoms with Crippen LogP contribution >= 0.6 is 0 Å². The number of benzene rings is 4. The van der Waals surface area contributed by atoms with Gasteiger partial charge in [-0.15, -0.1) is 0 Å². The first-order valence-corrected chi connectivity index (χ1v) is 11.9. The number of ether oxygens (including phenoxy) is 1. The van der Waals surface area contributed by atoms with E-state index in [4.69, 9.17) is 4.74 Å². The standard InChI is InChI=1S/C29H24FN7O/c30-26-17-8-7-11-22(26)20-38-25-16-9-10-21(18-25)19-31-37-29-35-27(32-23-12-3-1-4-13-23)34-28(36-29)33-24-14-5-2-6-15-24/h1-19H,20H2,(H3,32,33,34,35,36,37)/b31-19+. The maximum atomic E-state index is 13.9. The van der Waals surface area contributed by atoms with Gasteiger partial charge in [-0.2, -0.15) is 20.1 Å². The summed E-state index contributed by atoms with van der Waals surface area (Å²) in [6.07, 6.45) is 1.62. The van der Waals surface area contributed by atoms with E-state index in [1.54, 1.807) is 30.5 Å². The Balaban J connectivity index is 1.29. The van der Waals surface area contributed by atoms with Crippen LogP contribution < -0.4 is 20.8 Å². The Kier molecular flexibility index (Phi) is 7.76. The molecule has 0 saturated carbocycles. The second-order valence-electron chi connectivity index (χ2n) is 8.11. The van der Waals surface area contributed by atoms with Gasteiger partial charge in [-0.1, -0.05) is 66.7 Å². The van der Waals surface area contributed by atoms with Gasteiger partial charge in [0, 0.05) is 16.9 Å². The van der Waals surface area contributed by atoms with Gasteiger partial charge in [0.05, 0.1) is 6.21 Å². The van der Waals surface area contributed by atoms with Crippen molar-refractivity contribution in [3.05, 3.63) is 126 Å². The predicted molar refractivity (Wildman–Crippen MR) is 148 cm³/mol. The normalized spacial score (nSPS) is 10.8. The molecule has 0 amide bonds.